The normalized spacial score (nSPS) is 13.4. The van der Waals surface area contributed by atoms with Crippen LogP contribution in [0, 0.1) is 35.5 Å². The Morgan fingerprint density at radius 3 is 1.11 bits per heavy atom. The maximum atomic E-state index is 12.9. The topological polar surface area (TPSA) is 373 Å². The number of hydrogen-bond acceptors (Lipinski definition) is 21. The molecule has 0 spiro atoms. The molecular weight excluding hydrogens is 1180 g/mol. The Morgan fingerprint density at radius 1 is 0.517 bits per heavy atom. The zero-order valence-corrected chi connectivity index (χ0v) is 55.9. The monoisotopic (exact) mass is 1270 g/mol. The fourth-order valence-electron chi connectivity index (χ4n) is 7.73. The van der Waals surface area contributed by atoms with Crippen LogP contribution in [-0.4, -0.2) is 142 Å². The number of rotatable bonds is 32. The van der Waals surface area contributed by atoms with Crippen molar-refractivity contribution in [3.05, 3.63) is 91.7 Å². The average Bonchev–Trinajstić information content (AvgIpc) is 4.40. The second-order valence-corrected chi connectivity index (χ2v) is 23.5. The molecule has 3 unspecified atom stereocenters. The van der Waals surface area contributed by atoms with Crippen molar-refractivity contribution in [2.45, 2.75) is 180 Å². The smallest absolute Gasteiger partial charge is 0.357 e. The highest BCUT2D eigenvalue weighted by Gasteiger charge is 2.35. The predicted molar refractivity (Wildman–Crippen MR) is 336 cm³/mol. The molecule has 87 heavy (non-hydrogen) atoms. The number of aromatic nitrogens is 3. The van der Waals surface area contributed by atoms with Gasteiger partial charge in [0.15, 0.2) is 43.7 Å². The number of amides is 2. The standard InChI is InChI=1S/2C19H29N5O4S.C12H15NO3S.C8H15N3O/c2*1-7-12(5)16(22-23-20)18(26)24(6)14(11(3)4)9-15(25)17-21-13(10-29-17)19(27)28-8-2;1-4-16-12(15)9-7-17-11(13-9)10(14)6-5-8(2)3;1-4-6(3)8(10-11-9)7(12)5-2/h2*10-12,14,16H,7-9H2,1-6H3;5-8H,4H2,1-3H3;6,8H,4-5H2,1-3H3/b;;6-5+;/t12?,14-,16+;12?,14-,16-;;6?,8-/m10.0/s1. The molecule has 3 rings (SSSR count). The highest BCUT2D eigenvalue weighted by Crippen LogP contribution is 2.25. The van der Waals surface area contributed by atoms with E-state index in [4.69, 9.17) is 30.8 Å². The molecule has 0 N–H and O–H groups in total. The van der Waals surface area contributed by atoms with Crippen LogP contribution >= 0.6 is 34.0 Å². The third-order valence-corrected chi connectivity index (χ3v) is 16.2. The molecule has 0 fully saturated rings. The lowest BCUT2D eigenvalue weighted by Gasteiger charge is -2.33. The first-order valence-corrected chi connectivity index (χ1v) is 31.6. The van der Waals surface area contributed by atoms with Gasteiger partial charge in [-0.3, -0.25) is 28.8 Å². The maximum Gasteiger partial charge on any atom is 0.357 e. The quantitative estimate of drug-likeness (QED) is 0.0107. The van der Waals surface area contributed by atoms with Gasteiger partial charge in [-0.1, -0.05) is 131 Å². The van der Waals surface area contributed by atoms with Crippen molar-refractivity contribution in [1.29, 1.82) is 0 Å². The summed E-state index contributed by atoms with van der Waals surface area (Å²) in [4.78, 5) is 132. The second kappa shape index (κ2) is 42.4. The van der Waals surface area contributed by atoms with Crippen LogP contribution < -0.4 is 0 Å². The largest absolute Gasteiger partial charge is 0.461 e. The Balaban J connectivity index is 0.00000119. The van der Waals surface area contributed by atoms with E-state index in [1.807, 2.05) is 83.1 Å². The molecule has 2 amide bonds. The number of ether oxygens (including phenoxy) is 3. The first kappa shape index (κ1) is 79.6. The number of esters is 3. The third-order valence-electron chi connectivity index (χ3n) is 13.6. The molecule has 3 heterocycles. The summed E-state index contributed by atoms with van der Waals surface area (Å²) in [7, 11) is 3.24. The first-order chi connectivity index (χ1) is 41.0. The molecule has 0 aromatic carbocycles. The van der Waals surface area contributed by atoms with Crippen molar-refractivity contribution >= 4 is 86.9 Å². The number of nitrogens with zero attached hydrogens (tertiary/aromatic N) is 14. The van der Waals surface area contributed by atoms with Gasteiger partial charge >= 0.3 is 17.9 Å². The molecule has 0 radical (unpaired) electrons. The van der Waals surface area contributed by atoms with Crippen molar-refractivity contribution in [3.8, 4) is 0 Å². The Morgan fingerprint density at radius 2 is 0.828 bits per heavy atom. The molecule has 0 saturated heterocycles. The van der Waals surface area contributed by atoms with E-state index in [9.17, 15) is 43.2 Å². The molecule has 29 heteroatoms. The van der Waals surface area contributed by atoms with Crippen LogP contribution in [0.3, 0.4) is 0 Å². The fourth-order valence-corrected chi connectivity index (χ4v) is 9.91. The van der Waals surface area contributed by atoms with E-state index in [1.165, 1.54) is 32.0 Å². The van der Waals surface area contributed by atoms with Gasteiger partial charge in [0.25, 0.3) is 0 Å². The number of Topliss-reactive ketones (excluding diaryl/α,β-unsaturated/α-hetero) is 3. The van der Waals surface area contributed by atoms with Crippen molar-refractivity contribution in [2.24, 2.45) is 50.9 Å². The maximum absolute atomic E-state index is 12.9. The summed E-state index contributed by atoms with van der Waals surface area (Å²) in [5, 5.41) is 16.1. The average molecular weight is 1270 g/mol. The van der Waals surface area contributed by atoms with Gasteiger partial charge in [0.1, 0.15) is 17.9 Å². The third kappa shape index (κ3) is 27.0. The number of allylic oxidation sites excluding steroid dienone is 2. The SMILES string of the molecule is CCC(=O)[C@@H](N=[N+]=[N-])C(C)CC.CCOC(=O)c1csc(C(=O)/C=C/C(C)C)n1.CCOC(=O)c1csc(C(=O)C[C@@H](C(C)C)N(C)C(=O)[C@@H](N=[N+]=[N-])C(C)CC)n1.CCOC(=O)c1csc(C(=O)C[C@H](C(C)C)N(C)C(=O)[C@@H](N=[N+]=[N-])C(C)CC)n1. The molecule has 26 nitrogen and oxygen atoms in total. The molecule has 480 valence electrons. The van der Waals surface area contributed by atoms with Crippen LogP contribution in [0.5, 0.6) is 0 Å². The molecule has 8 atom stereocenters. The summed E-state index contributed by atoms with van der Waals surface area (Å²) in [5.74, 6) is -2.71. The molecule has 0 aliphatic carbocycles. The molecule has 3 aromatic heterocycles. The van der Waals surface area contributed by atoms with Gasteiger partial charge in [-0.25, -0.2) is 29.3 Å². The zero-order valence-electron chi connectivity index (χ0n) is 53.5. The lowest BCUT2D eigenvalue weighted by Crippen LogP contribution is -2.47. The van der Waals surface area contributed by atoms with Gasteiger partial charge in [-0.15, -0.1) is 34.0 Å². The fraction of sp³-hybridized carbons (Fsp3) is 0.655. The lowest BCUT2D eigenvalue weighted by atomic mass is 9.94. The minimum absolute atomic E-state index is 0.0129. The summed E-state index contributed by atoms with van der Waals surface area (Å²) < 4.78 is 14.6. The minimum atomic E-state index is -0.818. The van der Waals surface area contributed by atoms with E-state index < -0.39 is 48.1 Å². The Bertz CT molecular complexity index is 2770. The van der Waals surface area contributed by atoms with Gasteiger partial charge in [0, 0.05) is 76.3 Å². The highest BCUT2D eigenvalue weighted by atomic mass is 32.1. The van der Waals surface area contributed by atoms with Crippen LogP contribution in [0.1, 0.15) is 210 Å². The lowest BCUT2D eigenvalue weighted by molar-refractivity contribution is -0.136. The summed E-state index contributed by atoms with van der Waals surface area (Å²) in [6, 6.07) is -2.90. The summed E-state index contributed by atoms with van der Waals surface area (Å²) in [6.45, 7) is 30.7. The number of likely N-dealkylation sites (N-methyl/N-ethyl adjacent to an activating group) is 2. The van der Waals surface area contributed by atoms with E-state index in [1.54, 1.807) is 47.9 Å². The van der Waals surface area contributed by atoms with E-state index in [0.717, 1.165) is 40.4 Å². The van der Waals surface area contributed by atoms with E-state index in [0.29, 0.717) is 36.8 Å². The molecular formula is C58H88N14O12S3. The van der Waals surface area contributed by atoms with Gasteiger partial charge in [0.2, 0.25) is 17.6 Å². The number of carbonyl (C=O) groups excluding carboxylic acids is 9. The van der Waals surface area contributed by atoms with Crippen molar-refractivity contribution in [2.75, 3.05) is 33.9 Å². The van der Waals surface area contributed by atoms with Crippen LogP contribution in [0.2, 0.25) is 0 Å². The van der Waals surface area contributed by atoms with E-state index in [-0.39, 0.29) is 118 Å². The molecule has 0 aliphatic heterocycles. The number of carbonyl (C=O) groups is 9. The minimum Gasteiger partial charge on any atom is -0.461 e. The van der Waals surface area contributed by atoms with Crippen molar-refractivity contribution in [1.82, 2.24) is 24.8 Å². The van der Waals surface area contributed by atoms with Gasteiger partial charge < -0.3 is 24.0 Å². The molecule has 0 saturated carbocycles. The Kier molecular flexibility index (Phi) is 38.8. The van der Waals surface area contributed by atoms with Crippen LogP contribution in [0.15, 0.2) is 43.6 Å². The van der Waals surface area contributed by atoms with Crippen LogP contribution in [-0.2, 0) is 28.6 Å². The van der Waals surface area contributed by atoms with Gasteiger partial charge in [0.05, 0.1) is 25.9 Å². The van der Waals surface area contributed by atoms with Gasteiger partial charge in [-0.2, -0.15) is 0 Å². The first-order valence-electron chi connectivity index (χ1n) is 28.9. The summed E-state index contributed by atoms with van der Waals surface area (Å²) >= 11 is 3.30. The predicted octanol–water partition coefficient (Wildman–Crippen LogP) is 13.6. The Labute approximate surface area is 522 Å². The number of thiazole rings is 3. The van der Waals surface area contributed by atoms with Crippen LogP contribution in [0.4, 0.5) is 0 Å². The second-order valence-electron chi connectivity index (χ2n) is 20.9. The molecule has 3 aromatic rings. The zero-order chi connectivity index (χ0) is 66.7. The van der Waals surface area contributed by atoms with Crippen LogP contribution in [0.25, 0.3) is 31.3 Å². The molecule has 0 aliphatic rings. The molecule has 0 bridgehead atoms. The van der Waals surface area contributed by atoms with Crippen molar-refractivity contribution in [3.63, 3.8) is 0 Å². The summed E-state index contributed by atoms with van der Waals surface area (Å²) in [5.41, 5.74) is 26.3. The van der Waals surface area contributed by atoms with E-state index >= 15 is 0 Å². The number of azide groups is 3. The highest BCUT2D eigenvalue weighted by molar-refractivity contribution is 7.12. The van der Waals surface area contributed by atoms with Crippen molar-refractivity contribution < 1.29 is 57.4 Å². The summed E-state index contributed by atoms with van der Waals surface area (Å²) in [6.07, 6.45) is 6.06. The number of ketones is 4. The van der Waals surface area contributed by atoms with E-state index in [2.05, 4.69) is 45.0 Å². The van der Waals surface area contributed by atoms with Gasteiger partial charge in [-0.05, 0) is 78.9 Å². The number of hydrogen-bond donors (Lipinski definition) is 0. The Hall–Kier alpha value is -7.41.